The van der Waals surface area contributed by atoms with Crippen LogP contribution in [0.25, 0.3) is 0 Å². The number of ketones is 1. The van der Waals surface area contributed by atoms with Crippen LogP contribution in [-0.2, 0) is 9.22 Å². The van der Waals surface area contributed by atoms with Crippen molar-refractivity contribution in [3.63, 3.8) is 0 Å². The number of allylic oxidation sites excluding steroid dienone is 1. The van der Waals surface area contributed by atoms with Gasteiger partial charge in [0.05, 0.1) is 6.10 Å². The minimum Gasteiger partial charge on any atom is -0.413 e. The standard InChI is InChI=1S/C18H36O3Si/c1-11-18(7,8)16(20)14(3)15(13(2)12-19)21-22(9,10)17(4,5)6/h11,13-15,19H,1,12H2,2-10H3/t13-,14+,15-/m0/s1. The van der Waals surface area contributed by atoms with E-state index in [1.807, 2.05) is 27.7 Å². The summed E-state index contributed by atoms with van der Waals surface area (Å²) in [4.78, 5) is 12.8. The average Bonchev–Trinajstić information content (AvgIpc) is 2.40. The van der Waals surface area contributed by atoms with Crippen molar-refractivity contribution in [2.24, 2.45) is 17.3 Å². The lowest BCUT2D eigenvalue weighted by atomic mass is 9.78. The van der Waals surface area contributed by atoms with E-state index >= 15 is 0 Å². The number of Topliss-reactive ketones (excluding diaryl/α,β-unsaturated/α-hetero) is 1. The topological polar surface area (TPSA) is 46.5 Å². The molecule has 0 aromatic heterocycles. The molecule has 0 radical (unpaired) electrons. The highest BCUT2D eigenvalue weighted by Crippen LogP contribution is 2.40. The minimum atomic E-state index is -2.01. The Morgan fingerprint density at radius 1 is 1.23 bits per heavy atom. The zero-order valence-electron chi connectivity index (χ0n) is 16.0. The second-order valence-electron chi connectivity index (χ2n) is 8.58. The Morgan fingerprint density at radius 3 is 2.00 bits per heavy atom. The van der Waals surface area contributed by atoms with Gasteiger partial charge in [-0.15, -0.1) is 6.58 Å². The predicted octanol–water partition coefficient (Wildman–Crippen LogP) is 4.42. The lowest BCUT2D eigenvalue weighted by Gasteiger charge is -2.43. The van der Waals surface area contributed by atoms with Gasteiger partial charge in [-0.3, -0.25) is 4.79 Å². The van der Waals surface area contributed by atoms with Crippen molar-refractivity contribution in [1.82, 2.24) is 0 Å². The molecule has 0 amide bonds. The third kappa shape index (κ3) is 5.03. The summed E-state index contributed by atoms with van der Waals surface area (Å²) >= 11 is 0. The van der Waals surface area contributed by atoms with Crippen LogP contribution in [0.4, 0.5) is 0 Å². The Kier molecular flexibility index (Phi) is 7.26. The van der Waals surface area contributed by atoms with Crippen LogP contribution in [0.15, 0.2) is 12.7 Å². The summed E-state index contributed by atoms with van der Waals surface area (Å²) in [6, 6.07) is 0. The quantitative estimate of drug-likeness (QED) is 0.530. The molecule has 0 aliphatic carbocycles. The van der Waals surface area contributed by atoms with Gasteiger partial charge in [-0.2, -0.15) is 0 Å². The third-order valence-electron chi connectivity index (χ3n) is 5.14. The maximum Gasteiger partial charge on any atom is 0.192 e. The number of hydrogen-bond donors (Lipinski definition) is 1. The number of aliphatic hydroxyl groups is 1. The second kappa shape index (κ2) is 7.41. The van der Waals surface area contributed by atoms with Gasteiger partial charge in [0.15, 0.2) is 8.32 Å². The molecular weight excluding hydrogens is 292 g/mol. The molecule has 0 saturated carbocycles. The van der Waals surface area contributed by atoms with E-state index in [1.165, 1.54) is 0 Å². The lowest BCUT2D eigenvalue weighted by molar-refractivity contribution is -0.133. The van der Waals surface area contributed by atoms with Crippen molar-refractivity contribution in [2.45, 2.75) is 72.7 Å². The molecular formula is C18H36O3Si. The maximum atomic E-state index is 12.8. The molecule has 0 aliphatic rings. The van der Waals surface area contributed by atoms with Gasteiger partial charge in [-0.25, -0.2) is 0 Å². The summed E-state index contributed by atoms with van der Waals surface area (Å²) in [5.41, 5.74) is -0.580. The van der Waals surface area contributed by atoms with E-state index in [0.29, 0.717) is 0 Å². The summed E-state index contributed by atoms with van der Waals surface area (Å²) < 4.78 is 6.50. The zero-order valence-corrected chi connectivity index (χ0v) is 17.0. The molecule has 0 aromatic carbocycles. The molecule has 4 heteroatoms. The Bertz CT molecular complexity index is 394. The minimum absolute atomic E-state index is 0.0193. The molecule has 3 atom stereocenters. The van der Waals surface area contributed by atoms with Gasteiger partial charge >= 0.3 is 0 Å². The van der Waals surface area contributed by atoms with E-state index in [9.17, 15) is 9.90 Å². The molecule has 3 nitrogen and oxygen atoms in total. The maximum absolute atomic E-state index is 12.8. The Morgan fingerprint density at radius 2 is 1.68 bits per heavy atom. The number of rotatable bonds is 8. The lowest BCUT2D eigenvalue weighted by Crippen LogP contribution is -2.50. The van der Waals surface area contributed by atoms with E-state index in [4.69, 9.17) is 4.43 Å². The number of carbonyl (C=O) groups excluding carboxylic acids is 1. The van der Waals surface area contributed by atoms with Crippen LogP contribution in [0.3, 0.4) is 0 Å². The first-order chi connectivity index (χ1) is 9.71. The van der Waals surface area contributed by atoms with Gasteiger partial charge in [0.1, 0.15) is 5.78 Å². The van der Waals surface area contributed by atoms with Crippen LogP contribution in [0.2, 0.25) is 18.1 Å². The normalized spacial score (nSPS) is 17.7. The van der Waals surface area contributed by atoms with Gasteiger partial charge in [0.2, 0.25) is 0 Å². The van der Waals surface area contributed by atoms with Gasteiger partial charge in [0, 0.05) is 23.9 Å². The van der Waals surface area contributed by atoms with Crippen LogP contribution in [0, 0.1) is 17.3 Å². The Labute approximate surface area is 138 Å². The molecule has 0 heterocycles. The monoisotopic (exact) mass is 328 g/mol. The summed E-state index contributed by atoms with van der Waals surface area (Å²) in [5.74, 6) is -0.232. The first-order valence-corrected chi connectivity index (χ1v) is 11.1. The first kappa shape index (κ1) is 21.5. The highest BCUT2D eigenvalue weighted by Gasteiger charge is 2.44. The van der Waals surface area contributed by atoms with Crippen molar-refractivity contribution in [1.29, 1.82) is 0 Å². The SMILES string of the molecule is C=CC(C)(C)C(=O)[C@H](C)[C@@H](O[Si](C)(C)C(C)(C)C)[C@@H](C)CO. The predicted molar refractivity (Wildman–Crippen MR) is 96.5 cm³/mol. The highest BCUT2D eigenvalue weighted by molar-refractivity contribution is 6.74. The molecule has 130 valence electrons. The third-order valence-corrected chi connectivity index (χ3v) is 9.61. The summed E-state index contributed by atoms with van der Waals surface area (Å²) in [7, 11) is -2.01. The molecule has 0 saturated heterocycles. The Hall–Kier alpha value is -0.453. The molecule has 0 aromatic rings. The zero-order chi connectivity index (χ0) is 17.9. The van der Waals surface area contributed by atoms with Crippen LogP contribution < -0.4 is 0 Å². The van der Waals surface area contributed by atoms with Gasteiger partial charge in [-0.05, 0) is 32.0 Å². The van der Waals surface area contributed by atoms with Crippen molar-refractivity contribution >= 4 is 14.1 Å². The van der Waals surface area contributed by atoms with Crippen LogP contribution in [0.1, 0.15) is 48.5 Å². The van der Waals surface area contributed by atoms with Gasteiger partial charge in [0.25, 0.3) is 0 Å². The van der Waals surface area contributed by atoms with Crippen LogP contribution in [0.5, 0.6) is 0 Å². The smallest absolute Gasteiger partial charge is 0.192 e. The van der Waals surface area contributed by atoms with E-state index in [1.54, 1.807) is 6.08 Å². The van der Waals surface area contributed by atoms with Crippen molar-refractivity contribution in [3.05, 3.63) is 12.7 Å². The van der Waals surface area contributed by atoms with Crippen LogP contribution in [-0.4, -0.2) is 31.9 Å². The number of carbonyl (C=O) groups is 1. The molecule has 0 rings (SSSR count). The van der Waals surface area contributed by atoms with Crippen molar-refractivity contribution < 1.29 is 14.3 Å². The fourth-order valence-corrected chi connectivity index (χ4v) is 3.64. The fourth-order valence-electron chi connectivity index (χ4n) is 2.17. The summed E-state index contributed by atoms with van der Waals surface area (Å²) in [6.45, 7) is 22.3. The number of hydrogen-bond acceptors (Lipinski definition) is 3. The Balaban J connectivity index is 5.49. The summed E-state index contributed by atoms with van der Waals surface area (Å²) in [6.07, 6.45) is 1.43. The van der Waals surface area contributed by atoms with Crippen molar-refractivity contribution in [3.8, 4) is 0 Å². The summed E-state index contributed by atoms with van der Waals surface area (Å²) in [5, 5.41) is 9.67. The highest BCUT2D eigenvalue weighted by atomic mass is 28.4. The van der Waals surface area contributed by atoms with Gasteiger partial charge < -0.3 is 9.53 Å². The van der Waals surface area contributed by atoms with E-state index in [2.05, 4.69) is 40.4 Å². The average molecular weight is 329 g/mol. The first-order valence-electron chi connectivity index (χ1n) is 8.18. The largest absolute Gasteiger partial charge is 0.413 e. The van der Waals surface area contributed by atoms with Crippen molar-refractivity contribution in [2.75, 3.05) is 6.61 Å². The van der Waals surface area contributed by atoms with Gasteiger partial charge in [-0.1, -0.05) is 40.7 Å². The molecule has 0 aliphatic heterocycles. The fraction of sp³-hybridized carbons (Fsp3) is 0.833. The molecule has 22 heavy (non-hydrogen) atoms. The molecule has 0 spiro atoms. The van der Waals surface area contributed by atoms with E-state index in [-0.39, 0.29) is 35.4 Å². The number of aliphatic hydroxyl groups excluding tert-OH is 1. The molecule has 0 fully saturated rings. The van der Waals surface area contributed by atoms with E-state index < -0.39 is 13.7 Å². The molecule has 0 bridgehead atoms. The second-order valence-corrected chi connectivity index (χ2v) is 13.3. The molecule has 1 N–H and O–H groups in total. The van der Waals surface area contributed by atoms with E-state index in [0.717, 1.165) is 0 Å². The molecule has 0 unspecified atom stereocenters. The van der Waals surface area contributed by atoms with Crippen LogP contribution >= 0.6 is 0 Å².